The van der Waals surface area contributed by atoms with Crippen LogP contribution < -0.4 is 14.8 Å². The first kappa shape index (κ1) is 19.3. The summed E-state index contributed by atoms with van der Waals surface area (Å²) in [7, 11) is 3.42. The van der Waals surface area contributed by atoms with Gasteiger partial charge in [0.05, 0.1) is 19.3 Å². The van der Waals surface area contributed by atoms with E-state index in [0.29, 0.717) is 18.4 Å². The summed E-state index contributed by atoms with van der Waals surface area (Å²) in [4.78, 5) is 14.1. The molecule has 1 aromatic carbocycles. The fourth-order valence-electron chi connectivity index (χ4n) is 5.08. The van der Waals surface area contributed by atoms with Gasteiger partial charge in [-0.25, -0.2) is 0 Å². The molecule has 6 heteroatoms. The smallest absolute Gasteiger partial charge is 0.217 e. The molecule has 1 saturated carbocycles. The van der Waals surface area contributed by atoms with Crippen LogP contribution in [0.4, 0.5) is 0 Å². The largest absolute Gasteiger partial charge is 0.493 e. The third-order valence-electron chi connectivity index (χ3n) is 6.30. The van der Waals surface area contributed by atoms with Crippen LogP contribution in [0.3, 0.4) is 0 Å². The van der Waals surface area contributed by atoms with E-state index in [1.165, 1.54) is 5.57 Å². The van der Waals surface area contributed by atoms with E-state index in [-0.39, 0.29) is 18.1 Å². The molecule has 4 rings (SSSR count). The molecule has 1 aliphatic carbocycles. The highest BCUT2D eigenvalue weighted by atomic mass is 16.5. The van der Waals surface area contributed by atoms with Crippen LogP contribution in [0.1, 0.15) is 25.3 Å². The fraction of sp³-hybridized carbons (Fsp3) is 0.591. The van der Waals surface area contributed by atoms with E-state index in [0.717, 1.165) is 49.5 Å². The Labute approximate surface area is 166 Å². The highest BCUT2D eigenvalue weighted by Crippen LogP contribution is 2.39. The van der Waals surface area contributed by atoms with Crippen LogP contribution in [0.15, 0.2) is 23.8 Å². The molecule has 6 nitrogen and oxygen atoms in total. The molecular weight excluding hydrogens is 356 g/mol. The Balaban J connectivity index is 1.41. The number of hydrogen-bond acceptors (Lipinski definition) is 5. The van der Waals surface area contributed by atoms with Crippen LogP contribution >= 0.6 is 0 Å². The Kier molecular flexibility index (Phi) is 5.60. The van der Waals surface area contributed by atoms with Gasteiger partial charge >= 0.3 is 0 Å². The van der Waals surface area contributed by atoms with Gasteiger partial charge in [-0.05, 0) is 42.4 Å². The number of methoxy groups -OCH3 is 2. The van der Waals surface area contributed by atoms with E-state index < -0.39 is 0 Å². The molecule has 2 fully saturated rings. The average Bonchev–Trinajstić information content (AvgIpc) is 3.07. The molecule has 0 bridgehead atoms. The molecule has 4 atom stereocenters. The number of likely N-dealkylation sites (tertiary alicyclic amines) is 1. The van der Waals surface area contributed by atoms with Gasteiger partial charge in [-0.15, -0.1) is 0 Å². The molecule has 0 unspecified atom stereocenters. The van der Waals surface area contributed by atoms with E-state index in [9.17, 15) is 4.79 Å². The highest BCUT2D eigenvalue weighted by Gasteiger charge is 2.42. The summed E-state index contributed by atoms with van der Waals surface area (Å²) < 4.78 is 17.1. The number of ether oxygens (including phenoxy) is 3. The lowest BCUT2D eigenvalue weighted by atomic mass is 9.77. The lowest BCUT2D eigenvalue weighted by Gasteiger charge is -2.37. The van der Waals surface area contributed by atoms with Crippen LogP contribution in [0, 0.1) is 11.8 Å². The molecule has 152 valence electrons. The minimum Gasteiger partial charge on any atom is -0.493 e. The number of hydrogen-bond donors (Lipinski definition) is 1. The number of para-hydroxylation sites is 1. The van der Waals surface area contributed by atoms with E-state index in [1.54, 1.807) is 21.1 Å². The number of benzene rings is 1. The quantitative estimate of drug-likeness (QED) is 0.842. The summed E-state index contributed by atoms with van der Waals surface area (Å²) in [5.41, 5.74) is 2.38. The maximum atomic E-state index is 11.5. The van der Waals surface area contributed by atoms with Gasteiger partial charge < -0.3 is 19.5 Å². The second-order valence-corrected chi connectivity index (χ2v) is 8.24. The van der Waals surface area contributed by atoms with Crippen molar-refractivity contribution in [2.24, 2.45) is 11.8 Å². The van der Waals surface area contributed by atoms with Crippen molar-refractivity contribution in [2.45, 2.75) is 31.9 Å². The maximum absolute atomic E-state index is 11.5. The van der Waals surface area contributed by atoms with Gasteiger partial charge in [0, 0.05) is 39.2 Å². The molecule has 2 aliphatic heterocycles. The van der Waals surface area contributed by atoms with Gasteiger partial charge in [-0.3, -0.25) is 9.69 Å². The van der Waals surface area contributed by atoms with Gasteiger partial charge in [0.1, 0.15) is 6.61 Å². The Bertz CT molecular complexity index is 763. The number of carbonyl (C=O) groups excluding carboxylic acids is 1. The van der Waals surface area contributed by atoms with Crippen molar-refractivity contribution >= 4 is 12.0 Å². The molecule has 0 spiro atoms. The minimum atomic E-state index is 0.0268. The second kappa shape index (κ2) is 8.13. The SMILES string of the molecule is COc1cccc2c1OCC(CN1C[C@H]3C[C@@H](NC(C)=O)[C@H](OC)C[C@H]3C1)=C2. The van der Waals surface area contributed by atoms with Gasteiger partial charge in [-0.1, -0.05) is 12.1 Å². The van der Waals surface area contributed by atoms with Crippen LogP contribution in [-0.2, 0) is 9.53 Å². The molecule has 2 heterocycles. The van der Waals surface area contributed by atoms with Crippen molar-refractivity contribution in [2.75, 3.05) is 40.5 Å². The minimum absolute atomic E-state index is 0.0268. The molecule has 3 aliphatic rings. The van der Waals surface area contributed by atoms with Gasteiger partial charge in [0.25, 0.3) is 0 Å². The van der Waals surface area contributed by atoms with E-state index in [2.05, 4.69) is 22.4 Å². The summed E-state index contributed by atoms with van der Waals surface area (Å²) in [5.74, 6) is 2.90. The Morgan fingerprint density at radius 1 is 1.25 bits per heavy atom. The number of rotatable bonds is 5. The standard InChI is InChI=1S/C22H30N2O4/c1-14(25)23-19-8-17-11-24(12-18(17)9-21(19)27-3)10-15-7-16-5-4-6-20(26-2)22(16)28-13-15/h4-7,17-19,21H,8-13H2,1-3H3,(H,23,25)/t17-,18+,19-,21-/m1/s1. The van der Waals surface area contributed by atoms with Gasteiger partial charge in [-0.2, -0.15) is 0 Å². The summed E-state index contributed by atoms with van der Waals surface area (Å²) in [5, 5.41) is 3.09. The molecule has 1 amide bonds. The van der Waals surface area contributed by atoms with Crippen molar-refractivity contribution in [1.82, 2.24) is 10.2 Å². The van der Waals surface area contributed by atoms with Crippen molar-refractivity contribution in [3.05, 3.63) is 29.3 Å². The molecule has 1 saturated heterocycles. The fourth-order valence-corrected chi connectivity index (χ4v) is 5.08. The van der Waals surface area contributed by atoms with Crippen LogP contribution in [0.5, 0.6) is 11.5 Å². The first-order chi connectivity index (χ1) is 13.6. The maximum Gasteiger partial charge on any atom is 0.217 e. The number of nitrogens with one attached hydrogen (secondary N) is 1. The normalized spacial score (nSPS) is 29.3. The molecule has 1 N–H and O–H groups in total. The van der Waals surface area contributed by atoms with Crippen LogP contribution in [-0.4, -0.2) is 63.4 Å². The van der Waals surface area contributed by atoms with Crippen molar-refractivity contribution in [3.63, 3.8) is 0 Å². The number of fused-ring (bicyclic) bond motifs is 2. The summed E-state index contributed by atoms with van der Waals surface area (Å²) in [6, 6.07) is 6.13. The van der Waals surface area contributed by atoms with Gasteiger partial charge in [0.2, 0.25) is 5.91 Å². The average molecular weight is 386 g/mol. The summed E-state index contributed by atoms with van der Waals surface area (Å²) in [6.07, 6.45) is 4.36. The molecule has 0 radical (unpaired) electrons. The Morgan fingerprint density at radius 2 is 2.04 bits per heavy atom. The third kappa shape index (κ3) is 3.89. The van der Waals surface area contributed by atoms with Crippen LogP contribution in [0.25, 0.3) is 6.08 Å². The topological polar surface area (TPSA) is 60.0 Å². The Morgan fingerprint density at radius 3 is 2.75 bits per heavy atom. The molecular formula is C22H30N2O4. The molecule has 1 aromatic rings. The van der Waals surface area contributed by atoms with Crippen molar-refractivity contribution in [1.29, 1.82) is 0 Å². The van der Waals surface area contributed by atoms with Crippen molar-refractivity contribution < 1.29 is 19.0 Å². The third-order valence-corrected chi connectivity index (χ3v) is 6.30. The zero-order chi connectivity index (χ0) is 19.7. The number of carbonyl (C=O) groups is 1. The summed E-state index contributed by atoms with van der Waals surface area (Å²) >= 11 is 0. The monoisotopic (exact) mass is 386 g/mol. The Hall–Kier alpha value is -2.05. The lowest BCUT2D eigenvalue weighted by Crippen LogP contribution is -2.49. The lowest BCUT2D eigenvalue weighted by molar-refractivity contribution is -0.121. The zero-order valence-corrected chi connectivity index (χ0v) is 16.9. The van der Waals surface area contributed by atoms with Crippen LogP contribution in [0.2, 0.25) is 0 Å². The predicted molar refractivity (Wildman–Crippen MR) is 108 cm³/mol. The molecule has 0 aromatic heterocycles. The first-order valence-electron chi connectivity index (χ1n) is 10.1. The first-order valence-corrected chi connectivity index (χ1v) is 10.1. The van der Waals surface area contributed by atoms with E-state index in [4.69, 9.17) is 14.2 Å². The zero-order valence-electron chi connectivity index (χ0n) is 16.9. The second-order valence-electron chi connectivity index (χ2n) is 8.24. The van der Waals surface area contributed by atoms with Gasteiger partial charge in [0.15, 0.2) is 11.5 Å². The van der Waals surface area contributed by atoms with E-state index >= 15 is 0 Å². The molecule has 28 heavy (non-hydrogen) atoms. The van der Waals surface area contributed by atoms with E-state index in [1.807, 2.05) is 12.1 Å². The predicted octanol–water partition coefficient (Wildman–Crippen LogP) is 2.33. The summed E-state index contributed by atoms with van der Waals surface area (Å²) in [6.45, 7) is 5.27. The highest BCUT2D eigenvalue weighted by molar-refractivity contribution is 5.73. The van der Waals surface area contributed by atoms with Crippen molar-refractivity contribution in [3.8, 4) is 11.5 Å². The number of amides is 1. The number of nitrogens with zero attached hydrogens (tertiary/aromatic N) is 1.